The number of benzene rings is 1. The molecule has 0 saturated carbocycles. The molecule has 0 aromatic heterocycles. The summed E-state index contributed by atoms with van der Waals surface area (Å²) in [5, 5.41) is 0. The van der Waals surface area contributed by atoms with E-state index in [1.54, 1.807) is 7.05 Å². The molecule has 1 saturated heterocycles. The van der Waals surface area contributed by atoms with Gasteiger partial charge < -0.3 is 19.1 Å². The van der Waals surface area contributed by atoms with Gasteiger partial charge in [0.05, 0.1) is 25.7 Å². The van der Waals surface area contributed by atoms with Crippen LogP contribution < -0.4 is 14.2 Å². The Hall–Kier alpha value is -2.00. The molecule has 9 heteroatoms. The van der Waals surface area contributed by atoms with Crippen molar-refractivity contribution in [1.82, 2.24) is 9.62 Å². The molecule has 1 heterocycles. The number of rotatable bonds is 6. The predicted octanol–water partition coefficient (Wildman–Crippen LogP) is 0.433. The summed E-state index contributed by atoms with van der Waals surface area (Å²) in [4.78, 5) is 12.7. The quantitative estimate of drug-likeness (QED) is 0.813. The van der Waals surface area contributed by atoms with Crippen LogP contribution in [0.2, 0.25) is 0 Å². The largest absolute Gasteiger partial charge is 0.493 e. The van der Waals surface area contributed by atoms with Crippen LogP contribution in [0.15, 0.2) is 23.1 Å². The number of hydrogen-bond donors (Lipinski definition) is 1. The number of likely N-dealkylation sites (N-methyl/N-ethyl adjacent to an activating group) is 1. The molecule has 1 amide bonds. The Morgan fingerprint density at radius 1 is 1.32 bits per heavy atom. The summed E-state index contributed by atoms with van der Waals surface area (Å²) in [6, 6.07) is 4.29. The zero-order valence-corrected chi connectivity index (χ0v) is 13.3. The van der Waals surface area contributed by atoms with Gasteiger partial charge in [0, 0.05) is 19.7 Å². The van der Waals surface area contributed by atoms with Crippen molar-refractivity contribution in [2.45, 2.75) is 11.0 Å². The van der Waals surface area contributed by atoms with Crippen molar-refractivity contribution in [3.63, 3.8) is 0 Å². The summed E-state index contributed by atoms with van der Waals surface area (Å²) in [5.74, 6) is 0.755. The molecule has 22 heavy (non-hydrogen) atoms. The fourth-order valence-corrected chi connectivity index (χ4v) is 3.11. The van der Waals surface area contributed by atoms with Crippen molar-refractivity contribution < 1.29 is 27.4 Å². The number of ether oxygens (including phenoxy) is 3. The molecule has 0 aliphatic carbocycles. The lowest BCUT2D eigenvalue weighted by Gasteiger charge is -2.12. The third-order valence-electron chi connectivity index (χ3n) is 3.22. The molecule has 1 N–H and O–H groups in total. The molecular formula is C13H18N2O6S. The number of cyclic esters (lactones) is 1. The minimum absolute atomic E-state index is 0.00670. The normalized spacial score (nSPS) is 18.2. The van der Waals surface area contributed by atoms with Crippen molar-refractivity contribution >= 4 is 16.1 Å². The van der Waals surface area contributed by atoms with Gasteiger partial charge in [0.2, 0.25) is 10.0 Å². The molecule has 1 aromatic carbocycles. The Bertz CT molecular complexity index is 660. The average molecular weight is 330 g/mol. The van der Waals surface area contributed by atoms with E-state index in [1.165, 1.54) is 37.3 Å². The summed E-state index contributed by atoms with van der Waals surface area (Å²) in [6.45, 7) is 0.347. The number of carbonyl (C=O) groups is 1. The first kappa shape index (κ1) is 16.4. The molecule has 1 aliphatic heterocycles. The fraction of sp³-hybridized carbons (Fsp3) is 0.462. The molecule has 0 spiro atoms. The van der Waals surface area contributed by atoms with E-state index in [4.69, 9.17) is 14.2 Å². The minimum Gasteiger partial charge on any atom is -0.493 e. The van der Waals surface area contributed by atoms with Crippen LogP contribution in [0.5, 0.6) is 11.5 Å². The Labute approximate surface area is 129 Å². The molecule has 2 rings (SSSR count). The van der Waals surface area contributed by atoms with E-state index in [9.17, 15) is 13.2 Å². The number of nitrogens with zero attached hydrogens (tertiary/aromatic N) is 1. The molecule has 1 aliphatic rings. The number of carbonyl (C=O) groups excluding carboxylic acids is 1. The number of amides is 1. The van der Waals surface area contributed by atoms with E-state index in [0.29, 0.717) is 18.0 Å². The molecule has 0 radical (unpaired) electrons. The molecule has 1 atom stereocenters. The fourth-order valence-electron chi connectivity index (χ4n) is 2.03. The van der Waals surface area contributed by atoms with Gasteiger partial charge in [-0.3, -0.25) is 0 Å². The number of nitrogens with one attached hydrogen (secondary N) is 1. The minimum atomic E-state index is -3.74. The molecule has 1 unspecified atom stereocenters. The van der Waals surface area contributed by atoms with E-state index >= 15 is 0 Å². The van der Waals surface area contributed by atoms with Crippen LogP contribution >= 0.6 is 0 Å². The maximum atomic E-state index is 12.3. The summed E-state index contributed by atoms with van der Waals surface area (Å²) in [6.07, 6.45) is -0.970. The van der Waals surface area contributed by atoms with Gasteiger partial charge in [-0.1, -0.05) is 0 Å². The summed E-state index contributed by atoms with van der Waals surface area (Å²) in [7, 11) is 0.746. The van der Waals surface area contributed by atoms with Gasteiger partial charge in [-0.15, -0.1) is 0 Å². The number of hydrogen-bond acceptors (Lipinski definition) is 6. The van der Waals surface area contributed by atoms with Gasteiger partial charge in [0.15, 0.2) is 11.5 Å². The van der Waals surface area contributed by atoms with Crippen LogP contribution in [-0.2, 0) is 14.8 Å². The van der Waals surface area contributed by atoms with Gasteiger partial charge in [-0.25, -0.2) is 17.9 Å². The van der Waals surface area contributed by atoms with Crippen molar-refractivity contribution in [2.24, 2.45) is 0 Å². The lowest BCUT2D eigenvalue weighted by molar-refractivity contribution is 0.135. The van der Waals surface area contributed by atoms with Crippen LogP contribution in [0.4, 0.5) is 4.79 Å². The third kappa shape index (κ3) is 3.42. The highest BCUT2D eigenvalue weighted by atomic mass is 32.2. The van der Waals surface area contributed by atoms with Crippen molar-refractivity contribution in [3.8, 4) is 11.5 Å². The SMILES string of the molecule is COc1ccc(S(=O)(=O)NCC2CN(C)C(=O)O2)cc1OC. The maximum Gasteiger partial charge on any atom is 0.410 e. The van der Waals surface area contributed by atoms with Crippen LogP contribution in [0.25, 0.3) is 0 Å². The molecule has 8 nitrogen and oxygen atoms in total. The Balaban J connectivity index is 2.09. The lowest BCUT2D eigenvalue weighted by atomic mass is 10.3. The molecular weight excluding hydrogens is 312 g/mol. The lowest BCUT2D eigenvalue weighted by Crippen LogP contribution is -2.34. The van der Waals surface area contributed by atoms with Crippen LogP contribution in [-0.4, -0.2) is 59.9 Å². The monoisotopic (exact) mass is 330 g/mol. The first-order chi connectivity index (χ1) is 10.4. The second-order valence-corrected chi connectivity index (χ2v) is 6.52. The van der Waals surface area contributed by atoms with E-state index in [1.807, 2.05) is 0 Å². The van der Waals surface area contributed by atoms with Crippen molar-refractivity contribution in [3.05, 3.63) is 18.2 Å². The van der Waals surface area contributed by atoms with Crippen molar-refractivity contribution in [2.75, 3.05) is 34.4 Å². The van der Waals surface area contributed by atoms with Gasteiger partial charge in [0.1, 0.15) is 6.10 Å². The van der Waals surface area contributed by atoms with E-state index in [2.05, 4.69) is 4.72 Å². The van der Waals surface area contributed by atoms with Gasteiger partial charge in [-0.2, -0.15) is 0 Å². The smallest absolute Gasteiger partial charge is 0.410 e. The van der Waals surface area contributed by atoms with Crippen molar-refractivity contribution in [1.29, 1.82) is 0 Å². The highest BCUT2D eigenvalue weighted by Gasteiger charge is 2.29. The van der Waals surface area contributed by atoms with Gasteiger partial charge in [0.25, 0.3) is 0 Å². The summed E-state index contributed by atoms with van der Waals surface area (Å²) >= 11 is 0. The topological polar surface area (TPSA) is 94.2 Å². The molecule has 1 aromatic rings. The summed E-state index contributed by atoms with van der Waals surface area (Å²) < 4.78 is 42.1. The molecule has 1 fully saturated rings. The first-order valence-electron chi connectivity index (χ1n) is 6.51. The highest BCUT2D eigenvalue weighted by molar-refractivity contribution is 7.89. The molecule has 122 valence electrons. The molecule has 0 bridgehead atoms. The second-order valence-electron chi connectivity index (χ2n) is 4.75. The van der Waals surface area contributed by atoms with Gasteiger partial charge >= 0.3 is 6.09 Å². The van der Waals surface area contributed by atoms with E-state index < -0.39 is 22.2 Å². The third-order valence-corrected chi connectivity index (χ3v) is 4.64. The zero-order valence-electron chi connectivity index (χ0n) is 12.5. The zero-order chi connectivity index (χ0) is 16.3. The standard InChI is InChI=1S/C13H18N2O6S/c1-15-8-9(21-13(15)16)7-14-22(17,18)10-4-5-11(19-2)12(6-10)20-3/h4-6,9,14H,7-8H2,1-3H3. The highest BCUT2D eigenvalue weighted by Crippen LogP contribution is 2.29. The summed E-state index contributed by atoms with van der Waals surface area (Å²) in [5.41, 5.74) is 0. The Kier molecular flexibility index (Phi) is 4.77. The van der Waals surface area contributed by atoms with Crippen LogP contribution in [0, 0.1) is 0 Å². The van der Waals surface area contributed by atoms with E-state index in [-0.39, 0.29) is 11.4 Å². The number of sulfonamides is 1. The van der Waals surface area contributed by atoms with E-state index in [0.717, 1.165) is 0 Å². The predicted molar refractivity (Wildman–Crippen MR) is 77.6 cm³/mol. The Morgan fingerprint density at radius 3 is 2.55 bits per heavy atom. The van der Waals surface area contributed by atoms with Gasteiger partial charge in [-0.05, 0) is 12.1 Å². The second kappa shape index (κ2) is 6.41. The van der Waals surface area contributed by atoms with Crippen LogP contribution in [0.3, 0.4) is 0 Å². The Morgan fingerprint density at radius 2 is 2.00 bits per heavy atom. The average Bonchev–Trinajstić information content (AvgIpc) is 2.83. The van der Waals surface area contributed by atoms with Crippen LogP contribution in [0.1, 0.15) is 0 Å². The number of methoxy groups -OCH3 is 2. The first-order valence-corrected chi connectivity index (χ1v) is 7.99. The maximum absolute atomic E-state index is 12.3.